The van der Waals surface area contributed by atoms with Crippen molar-refractivity contribution in [3.8, 4) is 11.5 Å². The molecule has 0 fully saturated rings. The van der Waals surface area contributed by atoms with E-state index in [1.807, 2.05) is 4.57 Å². The van der Waals surface area contributed by atoms with Gasteiger partial charge in [-0.2, -0.15) is 0 Å². The largest absolute Gasteiger partial charge is 0.497 e. The minimum Gasteiger partial charge on any atom is -0.497 e. The molecule has 2 heterocycles. The molecule has 2 N–H and O–H groups in total. The Labute approximate surface area is 264 Å². The smallest absolute Gasteiger partial charge is 0.348 e. The lowest BCUT2D eigenvalue weighted by molar-refractivity contribution is -0.113. The number of carbonyl (C=O) groups excluding carboxylic acids is 4. The van der Waals surface area contributed by atoms with Gasteiger partial charge >= 0.3 is 11.9 Å². The second-order valence-electron chi connectivity index (χ2n) is 9.23. The number of esters is 2. The molecule has 0 saturated heterocycles. The number of aromatic nitrogens is 3. The van der Waals surface area contributed by atoms with E-state index in [-0.39, 0.29) is 46.9 Å². The Morgan fingerprint density at radius 3 is 2.23 bits per heavy atom. The molecule has 238 valence electrons. The van der Waals surface area contributed by atoms with Gasteiger partial charge in [-0.3, -0.25) is 9.59 Å². The van der Waals surface area contributed by atoms with Crippen LogP contribution < -0.4 is 20.1 Å². The molecular weight excluding hydrogens is 610 g/mol. The molecule has 2 aromatic heterocycles. The van der Waals surface area contributed by atoms with Crippen LogP contribution in [0.4, 0.5) is 5.00 Å². The van der Waals surface area contributed by atoms with Crippen LogP contribution in [0.3, 0.4) is 0 Å². The molecule has 15 heteroatoms. The zero-order chi connectivity index (χ0) is 32.2. The number of ether oxygens (including phenoxy) is 4. The fourth-order valence-electron chi connectivity index (χ4n) is 4.03. The molecule has 0 aliphatic heterocycles. The third-order valence-electron chi connectivity index (χ3n) is 6.22. The first-order valence-electron chi connectivity index (χ1n) is 14.0. The molecule has 3 aromatic rings. The van der Waals surface area contributed by atoms with Crippen LogP contribution in [0.15, 0.2) is 23.4 Å². The molecule has 0 spiro atoms. The summed E-state index contributed by atoms with van der Waals surface area (Å²) >= 11 is 2.13. The zero-order valence-electron chi connectivity index (χ0n) is 25.6. The summed E-state index contributed by atoms with van der Waals surface area (Å²) in [6, 6.07) is 4.89. The van der Waals surface area contributed by atoms with E-state index < -0.39 is 17.8 Å². The molecule has 44 heavy (non-hydrogen) atoms. The molecule has 0 unspecified atom stereocenters. The van der Waals surface area contributed by atoms with Gasteiger partial charge in [-0.25, -0.2) is 9.59 Å². The predicted octanol–water partition coefficient (Wildman–Crippen LogP) is 4.48. The molecule has 0 aliphatic carbocycles. The van der Waals surface area contributed by atoms with Gasteiger partial charge in [0.05, 0.1) is 45.3 Å². The molecule has 0 atom stereocenters. The summed E-state index contributed by atoms with van der Waals surface area (Å²) < 4.78 is 22.6. The van der Waals surface area contributed by atoms with Crippen molar-refractivity contribution < 1.29 is 38.1 Å². The fourth-order valence-corrected chi connectivity index (χ4v) is 5.92. The first kappa shape index (κ1) is 34.4. The lowest BCUT2D eigenvalue weighted by Crippen LogP contribution is -2.25. The van der Waals surface area contributed by atoms with Crippen molar-refractivity contribution in [3.05, 3.63) is 45.6 Å². The normalized spacial score (nSPS) is 10.7. The number of carbonyl (C=O) groups is 4. The van der Waals surface area contributed by atoms with Crippen molar-refractivity contribution in [2.45, 2.75) is 58.8 Å². The number of thioether (sulfide) groups is 1. The summed E-state index contributed by atoms with van der Waals surface area (Å²) in [6.07, 6.45) is 1.75. The average Bonchev–Trinajstić information content (AvgIpc) is 3.56. The Bertz CT molecular complexity index is 1460. The maximum absolute atomic E-state index is 13.0. The molecule has 3 rings (SSSR count). The van der Waals surface area contributed by atoms with Gasteiger partial charge in [-0.15, -0.1) is 21.5 Å². The van der Waals surface area contributed by atoms with Gasteiger partial charge in [-0.1, -0.05) is 25.1 Å². The summed E-state index contributed by atoms with van der Waals surface area (Å²) in [4.78, 5) is 51.2. The van der Waals surface area contributed by atoms with Crippen molar-refractivity contribution in [2.75, 3.05) is 38.5 Å². The highest BCUT2D eigenvalue weighted by Gasteiger charge is 2.27. The highest BCUT2D eigenvalue weighted by atomic mass is 32.2. The Morgan fingerprint density at radius 2 is 1.61 bits per heavy atom. The molecular formula is C29H37N5O8S2. The molecule has 0 aliphatic rings. The van der Waals surface area contributed by atoms with Crippen LogP contribution >= 0.6 is 23.1 Å². The van der Waals surface area contributed by atoms with E-state index in [1.165, 1.54) is 14.2 Å². The van der Waals surface area contributed by atoms with E-state index in [4.69, 9.17) is 18.9 Å². The second kappa shape index (κ2) is 16.7. The number of nitrogens with zero attached hydrogens (tertiary/aromatic N) is 3. The fraction of sp³-hybridized carbons (Fsp3) is 0.448. The van der Waals surface area contributed by atoms with Crippen LogP contribution in [0.5, 0.6) is 11.5 Å². The first-order valence-corrected chi connectivity index (χ1v) is 15.8. The number of thiophene rings is 1. The first-order chi connectivity index (χ1) is 21.2. The van der Waals surface area contributed by atoms with Gasteiger partial charge in [-0.05, 0) is 44.9 Å². The molecule has 0 bridgehead atoms. The number of amides is 2. The van der Waals surface area contributed by atoms with Crippen LogP contribution in [-0.2, 0) is 27.4 Å². The maximum Gasteiger partial charge on any atom is 0.348 e. The lowest BCUT2D eigenvalue weighted by Gasteiger charge is -2.11. The zero-order valence-corrected chi connectivity index (χ0v) is 27.2. The minimum absolute atomic E-state index is 0.0474. The summed E-state index contributed by atoms with van der Waals surface area (Å²) in [6.45, 7) is 8.02. The predicted molar refractivity (Wildman–Crippen MR) is 166 cm³/mol. The number of benzene rings is 1. The summed E-state index contributed by atoms with van der Waals surface area (Å²) in [5.41, 5.74) is 0.869. The Morgan fingerprint density at radius 1 is 0.955 bits per heavy atom. The van der Waals surface area contributed by atoms with E-state index in [2.05, 4.69) is 27.8 Å². The van der Waals surface area contributed by atoms with E-state index in [1.54, 1.807) is 39.0 Å². The molecule has 0 saturated carbocycles. The maximum atomic E-state index is 13.0. The molecule has 2 amide bonds. The minimum atomic E-state index is -0.641. The molecule has 0 radical (unpaired) electrons. The van der Waals surface area contributed by atoms with Gasteiger partial charge in [0.25, 0.3) is 5.91 Å². The summed E-state index contributed by atoms with van der Waals surface area (Å²) in [5.74, 6) is -0.516. The second-order valence-corrected chi connectivity index (χ2v) is 11.2. The van der Waals surface area contributed by atoms with Crippen molar-refractivity contribution in [1.29, 1.82) is 0 Å². The summed E-state index contributed by atoms with van der Waals surface area (Å²) in [7, 11) is 3.02. The van der Waals surface area contributed by atoms with Gasteiger partial charge in [0.1, 0.15) is 21.4 Å². The number of methoxy groups -OCH3 is 2. The van der Waals surface area contributed by atoms with E-state index in [9.17, 15) is 19.2 Å². The van der Waals surface area contributed by atoms with Gasteiger partial charge < -0.3 is 34.1 Å². The molecule has 13 nitrogen and oxygen atoms in total. The van der Waals surface area contributed by atoms with E-state index in [0.717, 1.165) is 35.9 Å². The monoisotopic (exact) mass is 647 g/mol. The Balaban J connectivity index is 1.73. The van der Waals surface area contributed by atoms with Crippen LogP contribution in [0.2, 0.25) is 0 Å². The van der Waals surface area contributed by atoms with Gasteiger partial charge in [0.2, 0.25) is 5.91 Å². The van der Waals surface area contributed by atoms with Crippen LogP contribution in [0, 0.1) is 6.92 Å². The van der Waals surface area contributed by atoms with Crippen LogP contribution in [-0.4, -0.2) is 71.7 Å². The molecule has 1 aromatic carbocycles. The van der Waals surface area contributed by atoms with Gasteiger partial charge in [0.15, 0.2) is 11.0 Å². The topological polar surface area (TPSA) is 160 Å². The third kappa shape index (κ3) is 8.72. The highest BCUT2D eigenvalue weighted by molar-refractivity contribution is 7.99. The third-order valence-corrected chi connectivity index (χ3v) is 8.38. The van der Waals surface area contributed by atoms with Crippen LogP contribution in [0.25, 0.3) is 0 Å². The van der Waals surface area contributed by atoms with Crippen molar-refractivity contribution in [3.63, 3.8) is 0 Å². The van der Waals surface area contributed by atoms with Crippen molar-refractivity contribution in [2.24, 2.45) is 0 Å². The highest BCUT2D eigenvalue weighted by Crippen LogP contribution is 2.34. The van der Waals surface area contributed by atoms with Crippen molar-refractivity contribution >= 4 is 51.9 Å². The Hall–Kier alpha value is -4.11. The summed E-state index contributed by atoms with van der Waals surface area (Å²) in [5, 5.41) is 14.8. The van der Waals surface area contributed by atoms with Crippen LogP contribution in [0.1, 0.15) is 75.4 Å². The number of hydrogen-bond donors (Lipinski definition) is 2. The number of unbranched alkanes of at least 4 members (excludes halogenated alkanes) is 1. The average molecular weight is 648 g/mol. The lowest BCUT2D eigenvalue weighted by atomic mass is 10.1. The van der Waals surface area contributed by atoms with Crippen molar-refractivity contribution in [1.82, 2.24) is 20.1 Å². The van der Waals surface area contributed by atoms with E-state index in [0.29, 0.717) is 40.2 Å². The standard InChI is InChI=1S/C29H37N5O8S2/c1-7-10-11-34-21(15-30-25(36)18-12-19(39-5)14-20(13-18)40-6)32-33-29(34)43-16-22(35)31-26-23(27(37)41-8-2)17(4)24(44-26)28(38)42-9-3/h12-14H,7-11,15-16H2,1-6H3,(H,30,36)(H,31,35). The van der Waals surface area contributed by atoms with Gasteiger partial charge in [0, 0.05) is 18.2 Å². The quantitative estimate of drug-likeness (QED) is 0.167. The number of anilines is 1. The SMILES string of the molecule is CCCCn1c(CNC(=O)c2cc(OC)cc(OC)c2)nnc1SCC(=O)Nc1sc(C(=O)OCC)c(C)c1C(=O)OCC. The number of nitrogens with one attached hydrogen (secondary N) is 2. The number of hydrogen-bond acceptors (Lipinski definition) is 12. The van der Waals surface area contributed by atoms with E-state index >= 15 is 0 Å². The Kier molecular flexibility index (Phi) is 13.0. The number of rotatable bonds is 16.